The molecule has 0 fully saturated rings. The Labute approximate surface area is 148 Å². The van der Waals surface area contributed by atoms with Gasteiger partial charge in [0.2, 0.25) is 0 Å². The fraction of sp³-hybridized carbons (Fsp3) is 0.235. The van der Waals surface area contributed by atoms with Gasteiger partial charge in [0.25, 0.3) is 0 Å². The normalized spacial score (nSPS) is 10.8. The monoisotopic (exact) mass is 354 g/mol. The summed E-state index contributed by atoms with van der Waals surface area (Å²) >= 11 is 1.28. The molecule has 8 heteroatoms. The molecule has 0 aliphatic rings. The van der Waals surface area contributed by atoms with Crippen molar-refractivity contribution in [2.75, 3.05) is 0 Å². The van der Waals surface area contributed by atoms with E-state index >= 15 is 0 Å². The molecule has 25 heavy (non-hydrogen) atoms. The van der Waals surface area contributed by atoms with E-state index in [9.17, 15) is 4.39 Å². The van der Waals surface area contributed by atoms with Gasteiger partial charge in [0.05, 0.1) is 18.0 Å². The van der Waals surface area contributed by atoms with E-state index in [1.165, 1.54) is 30.2 Å². The van der Waals surface area contributed by atoms with Gasteiger partial charge >= 0.3 is 0 Å². The van der Waals surface area contributed by atoms with Gasteiger partial charge in [-0.15, -0.1) is 10.2 Å². The molecule has 0 N–H and O–H groups in total. The lowest BCUT2D eigenvalue weighted by Gasteiger charge is -2.12. The summed E-state index contributed by atoms with van der Waals surface area (Å²) in [5.74, 6) is 0.471. The van der Waals surface area contributed by atoms with Crippen LogP contribution in [0.1, 0.15) is 19.5 Å². The molecule has 0 radical (unpaired) electrons. The second-order valence-electron chi connectivity index (χ2n) is 5.74. The van der Waals surface area contributed by atoms with Gasteiger partial charge in [0, 0.05) is 6.54 Å². The molecule has 0 amide bonds. The summed E-state index contributed by atoms with van der Waals surface area (Å²) in [6, 6.07) is 8.43. The first-order valence-electron chi connectivity index (χ1n) is 7.66. The number of halogens is 1. The van der Waals surface area contributed by atoms with Crippen LogP contribution in [0.3, 0.4) is 0 Å². The standard InChI is InChI=1S/C17H15FN6S/c1-11(2)10-24-16(13-5-3-4-6-14(13)18)22-23-17(24)25-15-9-20-12(7-19)8-21-15/h3-6,8-9,11H,10H2,1-2H3. The van der Waals surface area contributed by atoms with Crippen molar-refractivity contribution in [3.63, 3.8) is 0 Å². The molecule has 0 aliphatic heterocycles. The van der Waals surface area contributed by atoms with Gasteiger partial charge in [-0.1, -0.05) is 26.0 Å². The van der Waals surface area contributed by atoms with Gasteiger partial charge < -0.3 is 4.57 Å². The highest BCUT2D eigenvalue weighted by atomic mass is 32.2. The molecule has 2 aromatic heterocycles. The summed E-state index contributed by atoms with van der Waals surface area (Å²) in [7, 11) is 0. The summed E-state index contributed by atoms with van der Waals surface area (Å²) in [5, 5.41) is 18.4. The van der Waals surface area contributed by atoms with Crippen molar-refractivity contribution in [3.8, 4) is 17.5 Å². The van der Waals surface area contributed by atoms with Crippen LogP contribution in [-0.2, 0) is 6.54 Å². The Balaban J connectivity index is 1.99. The molecule has 0 saturated carbocycles. The third-order valence-corrected chi connectivity index (χ3v) is 4.22. The molecular weight excluding hydrogens is 339 g/mol. The fourth-order valence-corrected chi connectivity index (χ4v) is 3.01. The number of hydrogen-bond donors (Lipinski definition) is 0. The predicted molar refractivity (Wildman–Crippen MR) is 91.1 cm³/mol. The lowest BCUT2D eigenvalue weighted by Crippen LogP contribution is -2.08. The third-order valence-electron chi connectivity index (χ3n) is 3.32. The van der Waals surface area contributed by atoms with Crippen LogP contribution in [0.15, 0.2) is 46.8 Å². The van der Waals surface area contributed by atoms with E-state index in [1.54, 1.807) is 18.2 Å². The molecule has 0 atom stereocenters. The first-order valence-corrected chi connectivity index (χ1v) is 8.48. The largest absolute Gasteiger partial charge is 0.301 e. The van der Waals surface area contributed by atoms with E-state index in [1.807, 2.05) is 10.6 Å². The molecule has 0 aliphatic carbocycles. The molecule has 3 aromatic rings. The summed E-state index contributed by atoms with van der Waals surface area (Å²) in [5.41, 5.74) is 0.661. The number of benzene rings is 1. The lowest BCUT2D eigenvalue weighted by atomic mass is 10.2. The topological polar surface area (TPSA) is 80.3 Å². The second kappa shape index (κ2) is 7.40. The van der Waals surface area contributed by atoms with Crippen LogP contribution in [-0.4, -0.2) is 24.7 Å². The molecule has 1 aromatic carbocycles. The Morgan fingerprint density at radius 3 is 2.64 bits per heavy atom. The summed E-state index contributed by atoms with van der Waals surface area (Å²) in [6.07, 6.45) is 2.92. The number of nitrogens with zero attached hydrogens (tertiary/aromatic N) is 6. The first kappa shape index (κ1) is 17.0. The van der Waals surface area contributed by atoms with Gasteiger partial charge in [0.1, 0.15) is 16.9 Å². The lowest BCUT2D eigenvalue weighted by molar-refractivity contribution is 0.496. The van der Waals surface area contributed by atoms with E-state index in [0.717, 1.165) is 0 Å². The maximum atomic E-state index is 14.2. The molecule has 0 saturated heterocycles. The Hall–Kier alpha value is -2.79. The first-order chi connectivity index (χ1) is 12.1. The second-order valence-corrected chi connectivity index (χ2v) is 6.73. The van der Waals surface area contributed by atoms with Crippen LogP contribution in [0.25, 0.3) is 11.4 Å². The van der Waals surface area contributed by atoms with Gasteiger partial charge in [0.15, 0.2) is 16.7 Å². The Bertz CT molecular complexity index is 914. The predicted octanol–water partition coefficient (Wildman–Crippen LogP) is 3.55. The molecule has 2 heterocycles. The SMILES string of the molecule is CC(C)Cn1c(Sc2cnc(C#N)cn2)nnc1-c1ccccc1F. The van der Waals surface area contributed by atoms with Crippen LogP contribution >= 0.6 is 11.8 Å². The van der Waals surface area contributed by atoms with Crippen LogP contribution in [0.5, 0.6) is 0 Å². The van der Waals surface area contributed by atoms with E-state index in [4.69, 9.17) is 5.26 Å². The number of hydrogen-bond acceptors (Lipinski definition) is 6. The number of rotatable bonds is 5. The molecule has 6 nitrogen and oxygen atoms in total. The smallest absolute Gasteiger partial charge is 0.197 e. The molecule has 0 unspecified atom stereocenters. The van der Waals surface area contributed by atoms with Crippen molar-refractivity contribution in [1.29, 1.82) is 5.26 Å². The summed E-state index contributed by atoms with van der Waals surface area (Å²) < 4.78 is 16.1. The van der Waals surface area contributed by atoms with Gasteiger partial charge in [-0.25, -0.2) is 14.4 Å². The minimum Gasteiger partial charge on any atom is -0.301 e. The Morgan fingerprint density at radius 2 is 2.00 bits per heavy atom. The quantitative estimate of drug-likeness (QED) is 0.697. The molecule has 0 bridgehead atoms. The molecular formula is C17H15FN6S. The minimum atomic E-state index is -0.338. The van der Waals surface area contributed by atoms with Crippen molar-refractivity contribution in [2.45, 2.75) is 30.6 Å². The van der Waals surface area contributed by atoms with Crippen LogP contribution < -0.4 is 0 Å². The summed E-state index contributed by atoms with van der Waals surface area (Å²) in [4.78, 5) is 8.19. The third kappa shape index (κ3) is 3.83. The average Bonchev–Trinajstić information content (AvgIpc) is 2.98. The van der Waals surface area contributed by atoms with E-state index in [0.29, 0.717) is 34.0 Å². The Morgan fingerprint density at radius 1 is 1.20 bits per heavy atom. The highest BCUT2D eigenvalue weighted by Crippen LogP contribution is 2.29. The zero-order valence-corrected chi connectivity index (χ0v) is 14.5. The maximum Gasteiger partial charge on any atom is 0.197 e. The molecule has 126 valence electrons. The van der Waals surface area contributed by atoms with Crippen molar-refractivity contribution in [2.24, 2.45) is 5.92 Å². The van der Waals surface area contributed by atoms with E-state index in [2.05, 4.69) is 34.0 Å². The number of aromatic nitrogens is 5. The van der Waals surface area contributed by atoms with Crippen LogP contribution in [0.2, 0.25) is 0 Å². The highest BCUT2D eigenvalue weighted by Gasteiger charge is 2.18. The van der Waals surface area contributed by atoms with Gasteiger partial charge in [-0.2, -0.15) is 5.26 Å². The molecule has 0 spiro atoms. The fourth-order valence-electron chi connectivity index (χ4n) is 2.26. The maximum absolute atomic E-state index is 14.2. The molecule has 3 rings (SSSR count). The van der Waals surface area contributed by atoms with Crippen molar-refractivity contribution >= 4 is 11.8 Å². The van der Waals surface area contributed by atoms with Crippen molar-refractivity contribution in [3.05, 3.63) is 48.2 Å². The Kier molecular flexibility index (Phi) is 5.05. The van der Waals surface area contributed by atoms with Gasteiger partial charge in [-0.05, 0) is 29.8 Å². The summed E-state index contributed by atoms with van der Waals surface area (Å²) in [6.45, 7) is 4.78. The van der Waals surface area contributed by atoms with E-state index < -0.39 is 0 Å². The zero-order chi connectivity index (χ0) is 17.8. The zero-order valence-electron chi connectivity index (χ0n) is 13.7. The number of nitriles is 1. The van der Waals surface area contributed by atoms with Crippen LogP contribution in [0, 0.1) is 23.1 Å². The van der Waals surface area contributed by atoms with Crippen LogP contribution in [0.4, 0.5) is 4.39 Å². The average molecular weight is 354 g/mol. The van der Waals surface area contributed by atoms with E-state index in [-0.39, 0.29) is 11.5 Å². The van der Waals surface area contributed by atoms with Gasteiger partial charge in [-0.3, -0.25) is 0 Å². The minimum absolute atomic E-state index is 0.250. The van der Waals surface area contributed by atoms with Crippen molar-refractivity contribution < 1.29 is 4.39 Å². The van der Waals surface area contributed by atoms with Crippen molar-refractivity contribution in [1.82, 2.24) is 24.7 Å². The highest BCUT2D eigenvalue weighted by molar-refractivity contribution is 7.99.